The van der Waals surface area contributed by atoms with Crippen LogP contribution in [0.15, 0.2) is 42.6 Å². The minimum absolute atomic E-state index is 0.479. The van der Waals surface area contributed by atoms with E-state index in [0.717, 1.165) is 5.56 Å². The summed E-state index contributed by atoms with van der Waals surface area (Å²) in [4.78, 5) is 0. The molecule has 0 aromatic heterocycles. The highest BCUT2D eigenvalue weighted by Gasteiger charge is 2.37. The predicted molar refractivity (Wildman–Crippen MR) is 69.1 cm³/mol. The molecule has 1 aromatic rings. The molecule has 0 spiro atoms. The van der Waals surface area contributed by atoms with Crippen LogP contribution in [0.5, 0.6) is 0 Å². The molecule has 0 atom stereocenters. The van der Waals surface area contributed by atoms with Crippen molar-refractivity contribution < 1.29 is 13.3 Å². The molecule has 0 fully saturated rings. The minimum Gasteiger partial charge on any atom is -0.405 e. The Labute approximate surface area is 103 Å². The van der Waals surface area contributed by atoms with Crippen molar-refractivity contribution in [2.75, 3.05) is 14.2 Å². The van der Waals surface area contributed by atoms with Crippen molar-refractivity contribution in [2.45, 2.75) is 12.7 Å². The summed E-state index contributed by atoms with van der Waals surface area (Å²) in [5.41, 5.74) is 6.42. The van der Waals surface area contributed by atoms with Crippen LogP contribution in [-0.4, -0.2) is 23.0 Å². The first kappa shape index (κ1) is 13.9. The molecule has 4 nitrogen and oxygen atoms in total. The van der Waals surface area contributed by atoms with Crippen LogP contribution < -0.4 is 5.73 Å². The van der Waals surface area contributed by atoms with Crippen molar-refractivity contribution >= 4 is 8.80 Å². The maximum absolute atomic E-state index is 5.80. The Bertz CT molecular complexity index is 339. The summed E-state index contributed by atoms with van der Waals surface area (Å²) >= 11 is 0. The monoisotopic (exact) mass is 253 g/mol. The van der Waals surface area contributed by atoms with E-state index in [9.17, 15) is 0 Å². The van der Waals surface area contributed by atoms with Crippen molar-refractivity contribution in [3.8, 4) is 0 Å². The summed E-state index contributed by atoms with van der Waals surface area (Å²) in [7, 11) is 0.591. The molecule has 0 bridgehead atoms. The number of hydrogen-bond acceptors (Lipinski definition) is 4. The summed E-state index contributed by atoms with van der Waals surface area (Å²) in [6, 6.07) is 10.5. The normalized spacial score (nSPS) is 12.1. The molecule has 0 saturated heterocycles. The second kappa shape index (κ2) is 7.23. The lowest BCUT2D eigenvalue weighted by molar-refractivity contribution is 0.0944. The topological polar surface area (TPSA) is 53.7 Å². The van der Waals surface area contributed by atoms with Crippen LogP contribution in [0.3, 0.4) is 0 Å². The van der Waals surface area contributed by atoms with Crippen molar-refractivity contribution in [1.82, 2.24) is 0 Å². The Morgan fingerprint density at radius 1 is 1.18 bits per heavy atom. The van der Waals surface area contributed by atoms with Gasteiger partial charge >= 0.3 is 8.80 Å². The minimum atomic E-state index is -2.61. The third-order valence-corrected chi connectivity index (χ3v) is 4.99. The molecular formula is C12H19NO3Si. The average molecular weight is 253 g/mol. The number of benzene rings is 1. The van der Waals surface area contributed by atoms with Gasteiger partial charge < -0.3 is 19.0 Å². The standard InChI is InChI=1S/C12H19NO3Si/c1-14-17(15-2,10-6-9-13)16-11-12-7-4-3-5-8-12/h3-9H,10-11,13H2,1-2H3. The van der Waals surface area contributed by atoms with Gasteiger partial charge in [0, 0.05) is 20.3 Å². The lowest BCUT2D eigenvalue weighted by Gasteiger charge is -2.25. The predicted octanol–water partition coefficient (Wildman–Crippen LogP) is 1.91. The average Bonchev–Trinajstić information content (AvgIpc) is 2.41. The second-order valence-corrected chi connectivity index (χ2v) is 6.38. The molecule has 94 valence electrons. The van der Waals surface area contributed by atoms with E-state index in [1.54, 1.807) is 20.3 Å². The highest BCUT2D eigenvalue weighted by atomic mass is 28.4. The highest BCUT2D eigenvalue weighted by molar-refractivity contribution is 6.61. The molecule has 0 aliphatic heterocycles. The van der Waals surface area contributed by atoms with E-state index in [1.807, 2.05) is 30.3 Å². The van der Waals surface area contributed by atoms with Crippen LogP contribution >= 0.6 is 0 Å². The summed E-state index contributed by atoms with van der Waals surface area (Å²) in [6.45, 7) is 0.479. The van der Waals surface area contributed by atoms with Crippen LogP contribution in [0.1, 0.15) is 5.56 Å². The summed E-state index contributed by atoms with van der Waals surface area (Å²) in [5.74, 6) is 0. The van der Waals surface area contributed by atoms with Gasteiger partial charge in [0.25, 0.3) is 0 Å². The zero-order valence-electron chi connectivity index (χ0n) is 10.3. The molecule has 0 radical (unpaired) electrons. The van der Waals surface area contributed by atoms with E-state index in [0.29, 0.717) is 12.7 Å². The van der Waals surface area contributed by atoms with Gasteiger partial charge in [0.1, 0.15) is 0 Å². The fraction of sp³-hybridized carbons (Fsp3) is 0.333. The van der Waals surface area contributed by atoms with Gasteiger partial charge in [-0.3, -0.25) is 0 Å². The van der Waals surface area contributed by atoms with Gasteiger partial charge in [-0.2, -0.15) is 0 Å². The summed E-state index contributed by atoms with van der Waals surface area (Å²) in [6.07, 6.45) is 3.27. The molecule has 0 heterocycles. The van der Waals surface area contributed by atoms with Crippen LogP contribution in [0.2, 0.25) is 6.04 Å². The quantitative estimate of drug-likeness (QED) is 0.754. The van der Waals surface area contributed by atoms with Crippen molar-refractivity contribution in [2.24, 2.45) is 5.73 Å². The largest absolute Gasteiger partial charge is 0.504 e. The SMILES string of the molecule is CO[Si](CC=CN)(OC)OCc1ccccc1. The van der Waals surface area contributed by atoms with Crippen molar-refractivity contribution in [3.05, 3.63) is 48.2 Å². The molecule has 0 aliphatic rings. The summed E-state index contributed by atoms with van der Waals surface area (Å²) in [5, 5.41) is 0. The second-order valence-electron chi connectivity index (χ2n) is 3.50. The van der Waals surface area contributed by atoms with Gasteiger partial charge in [-0.05, 0) is 11.8 Å². The zero-order valence-corrected chi connectivity index (χ0v) is 11.3. The van der Waals surface area contributed by atoms with Gasteiger partial charge in [0.2, 0.25) is 0 Å². The maximum atomic E-state index is 5.80. The zero-order chi connectivity index (χ0) is 12.6. The molecule has 17 heavy (non-hydrogen) atoms. The molecule has 5 heteroatoms. The number of hydrogen-bond donors (Lipinski definition) is 1. The van der Waals surface area contributed by atoms with Gasteiger partial charge in [-0.1, -0.05) is 36.4 Å². The number of nitrogens with two attached hydrogens (primary N) is 1. The smallest absolute Gasteiger partial charge is 0.405 e. The van der Waals surface area contributed by atoms with E-state index in [1.165, 1.54) is 6.20 Å². The Kier molecular flexibility index (Phi) is 5.92. The van der Waals surface area contributed by atoms with Crippen LogP contribution in [0, 0.1) is 0 Å². The first-order valence-electron chi connectivity index (χ1n) is 5.41. The van der Waals surface area contributed by atoms with Gasteiger partial charge in [-0.25, -0.2) is 0 Å². The lowest BCUT2D eigenvalue weighted by atomic mass is 10.2. The van der Waals surface area contributed by atoms with Gasteiger partial charge in [0.05, 0.1) is 6.61 Å². The first-order chi connectivity index (χ1) is 8.26. The van der Waals surface area contributed by atoms with E-state index < -0.39 is 8.80 Å². The lowest BCUT2D eigenvalue weighted by Crippen LogP contribution is -2.43. The molecule has 1 aromatic carbocycles. The molecular weight excluding hydrogens is 234 g/mol. The molecule has 0 aliphatic carbocycles. The van der Waals surface area contributed by atoms with Crippen LogP contribution in [0.4, 0.5) is 0 Å². The molecule has 0 saturated carbocycles. The maximum Gasteiger partial charge on any atom is 0.504 e. The van der Waals surface area contributed by atoms with E-state index in [-0.39, 0.29) is 0 Å². The molecule has 0 amide bonds. The molecule has 1 rings (SSSR count). The molecule has 2 N–H and O–H groups in total. The summed E-state index contributed by atoms with van der Waals surface area (Å²) < 4.78 is 16.6. The van der Waals surface area contributed by atoms with E-state index in [2.05, 4.69) is 0 Å². The van der Waals surface area contributed by atoms with Crippen molar-refractivity contribution in [1.29, 1.82) is 0 Å². The number of rotatable bonds is 7. The third-order valence-electron chi connectivity index (χ3n) is 2.43. The van der Waals surface area contributed by atoms with Crippen molar-refractivity contribution in [3.63, 3.8) is 0 Å². The Morgan fingerprint density at radius 2 is 1.82 bits per heavy atom. The fourth-order valence-corrected chi connectivity index (χ4v) is 3.07. The van der Waals surface area contributed by atoms with E-state index in [4.69, 9.17) is 19.0 Å². The highest BCUT2D eigenvalue weighted by Crippen LogP contribution is 2.16. The third kappa shape index (κ3) is 4.31. The number of allylic oxidation sites excluding steroid dienone is 1. The van der Waals surface area contributed by atoms with Crippen LogP contribution in [0.25, 0.3) is 0 Å². The Morgan fingerprint density at radius 3 is 2.35 bits per heavy atom. The molecule has 0 unspecified atom stereocenters. The fourth-order valence-electron chi connectivity index (χ4n) is 1.41. The van der Waals surface area contributed by atoms with Crippen LogP contribution in [-0.2, 0) is 19.9 Å². The Balaban J connectivity index is 2.60. The van der Waals surface area contributed by atoms with Gasteiger partial charge in [0.15, 0.2) is 0 Å². The Hall–Kier alpha value is -1.14. The van der Waals surface area contributed by atoms with E-state index >= 15 is 0 Å². The first-order valence-corrected chi connectivity index (χ1v) is 7.34. The van der Waals surface area contributed by atoms with Gasteiger partial charge in [-0.15, -0.1) is 0 Å².